The average Bonchev–Trinajstić information content (AvgIpc) is 3.25. The van der Waals surface area contributed by atoms with Crippen LogP contribution in [0.15, 0.2) is 48.5 Å². The van der Waals surface area contributed by atoms with Crippen LogP contribution in [0.3, 0.4) is 0 Å². The summed E-state index contributed by atoms with van der Waals surface area (Å²) < 4.78 is 13.1. The molecule has 0 saturated carbocycles. The topological polar surface area (TPSA) is 120 Å². The summed E-state index contributed by atoms with van der Waals surface area (Å²) in [6.45, 7) is 3.77. The van der Waals surface area contributed by atoms with Crippen molar-refractivity contribution in [3.05, 3.63) is 59.9 Å². The Morgan fingerprint density at radius 3 is 2.59 bits per heavy atom. The molecule has 1 heterocycles. The second kappa shape index (κ2) is 10.5. The fourth-order valence-electron chi connectivity index (χ4n) is 2.84. The third-order valence-corrected chi connectivity index (χ3v) is 5.67. The molecule has 1 aromatic heterocycles. The number of carbonyl (C=O) groups excluding carboxylic acids is 2. The summed E-state index contributed by atoms with van der Waals surface area (Å²) in [6.07, 6.45) is 0.652. The predicted molar refractivity (Wildman–Crippen MR) is 120 cm³/mol. The van der Waals surface area contributed by atoms with Gasteiger partial charge >= 0.3 is 6.03 Å². The van der Waals surface area contributed by atoms with E-state index >= 15 is 0 Å². The van der Waals surface area contributed by atoms with E-state index in [2.05, 4.69) is 26.1 Å². The van der Waals surface area contributed by atoms with Crippen LogP contribution in [-0.4, -0.2) is 28.2 Å². The second-order valence-corrected chi connectivity index (χ2v) is 8.04. The first-order valence-electron chi connectivity index (χ1n) is 9.87. The maximum atomic E-state index is 13.1. The molecule has 0 radical (unpaired) electrons. The number of nitriles is 1. The molecule has 3 rings (SSSR count). The lowest BCUT2D eigenvalue weighted by molar-refractivity contribution is -0.119. The maximum Gasteiger partial charge on any atom is 0.319 e. The van der Waals surface area contributed by atoms with Gasteiger partial charge in [0, 0.05) is 11.3 Å². The van der Waals surface area contributed by atoms with Gasteiger partial charge in [0.15, 0.2) is 0 Å². The number of halogens is 1. The molecule has 2 atom stereocenters. The Morgan fingerprint density at radius 2 is 1.91 bits per heavy atom. The highest BCUT2D eigenvalue weighted by molar-refractivity contribution is 7.18. The van der Waals surface area contributed by atoms with Crippen LogP contribution in [0, 0.1) is 23.1 Å². The summed E-state index contributed by atoms with van der Waals surface area (Å²) in [5.74, 6) is -0.940. The van der Waals surface area contributed by atoms with Gasteiger partial charge in [0.1, 0.15) is 16.9 Å². The minimum atomic E-state index is -0.822. The number of rotatable bonds is 7. The Balaban J connectivity index is 1.67. The third-order valence-electron chi connectivity index (χ3n) is 4.78. The molecule has 0 aliphatic rings. The van der Waals surface area contributed by atoms with Gasteiger partial charge < -0.3 is 10.6 Å². The number of nitrogens with one attached hydrogen (secondary N) is 3. The summed E-state index contributed by atoms with van der Waals surface area (Å²) in [5, 5.41) is 25.8. The molecule has 8 nitrogen and oxygen atoms in total. The van der Waals surface area contributed by atoms with E-state index in [4.69, 9.17) is 5.26 Å². The number of amides is 3. The van der Waals surface area contributed by atoms with Crippen molar-refractivity contribution in [2.75, 3.05) is 10.6 Å². The lowest BCUT2D eigenvalue weighted by atomic mass is 9.98. The molecule has 2 aromatic carbocycles. The summed E-state index contributed by atoms with van der Waals surface area (Å²) >= 11 is 1.15. The number of hydrogen-bond acceptors (Lipinski definition) is 6. The SMILES string of the molecule is CC[C@H](C)[C@H](NC(=O)Nc1cccc(C#N)c1)C(=O)Nc1nnc(-c2ccc(F)cc2)s1. The van der Waals surface area contributed by atoms with Crippen molar-refractivity contribution in [3.63, 3.8) is 0 Å². The Labute approximate surface area is 188 Å². The Bertz CT molecular complexity index is 1140. The zero-order valence-electron chi connectivity index (χ0n) is 17.4. The molecule has 164 valence electrons. The van der Waals surface area contributed by atoms with Gasteiger partial charge in [0.25, 0.3) is 0 Å². The van der Waals surface area contributed by atoms with E-state index in [0.29, 0.717) is 28.2 Å². The second-order valence-electron chi connectivity index (χ2n) is 7.06. The Morgan fingerprint density at radius 1 is 1.16 bits per heavy atom. The van der Waals surface area contributed by atoms with Crippen LogP contribution in [0.1, 0.15) is 25.8 Å². The minimum Gasteiger partial charge on any atom is -0.326 e. The number of hydrogen-bond donors (Lipinski definition) is 3. The van der Waals surface area contributed by atoms with Gasteiger partial charge in [-0.25, -0.2) is 9.18 Å². The van der Waals surface area contributed by atoms with Crippen LogP contribution >= 0.6 is 11.3 Å². The van der Waals surface area contributed by atoms with Crippen molar-refractivity contribution in [2.24, 2.45) is 5.92 Å². The standard InChI is InChI=1S/C22H21FN6O2S/c1-3-13(2)18(26-21(31)25-17-6-4-5-14(11-17)12-24)19(30)27-22-29-28-20(32-22)15-7-9-16(23)10-8-15/h4-11,13,18H,3H2,1-2H3,(H2,25,26,31)(H,27,29,30)/t13-,18-/m0/s1. The first-order valence-corrected chi connectivity index (χ1v) is 10.7. The summed E-state index contributed by atoms with van der Waals surface area (Å²) in [7, 11) is 0. The van der Waals surface area contributed by atoms with Gasteiger partial charge in [-0.05, 0) is 48.4 Å². The average molecular weight is 453 g/mol. The van der Waals surface area contributed by atoms with E-state index in [1.165, 1.54) is 18.2 Å². The van der Waals surface area contributed by atoms with Crippen LogP contribution < -0.4 is 16.0 Å². The van der Waals surface area contributed by atoms with Crippen LogP contribution in [0.25, 0.3) is 10.6 Å². The third kappa shape index (κ3) is 5.86. The number of urea groups is 1. The van der Waals surface area contributed by atoms with Crippen molar-refractivity contribution in [3.8, 4) is 16.6 Å². The van der Waals surface area contributed by atoms with Crippen LogP contribution in [0.2, 0.25) is 0 Å². The van der Waals surface area contributed by atoms with Gasteiger partial charge in [-0.2, -0.15) is 5.26 Å². The van der Waals surface area contributed by atoms with Crippen LogP contribution in [0.5, 0.6) is 0 Å². The van der Waals surface area contributed by atoms with E-state index in [1.54, 1.807) is 30.3 Å². The van der Waals surface area contributed by atoms with Crippen molar-refractivity contribution < 1.29 is 14.0 Å². The number of anilines is 2. The number of carbonyl (C=O) groups is 2. The van der Waals surface area contributed by atoms with Crippen molar-refractivity contribution in [1.29, 1.82) is 5.26 Å². The zero-order chi connectivity index (χ0) is 23.1. The molecule has 0 aliphatic carbocycles. The first-order chi connectivity index (χ1) is 15.4. The molecule has 32 heavy (non-hydrogen) atoms. The number of aromatic nitrogens is 2. The smallest absolute Gasteiger partial charge is 0.319 e. The summed E-state index contributed by atoms with van der Waals surface area (Å²) in [5.41, 5.74) is 1.53. The number of benzene rings is 2. The highest BCUT2D eigenvalue weighted by Crippen LogP contribution is 2.26. The van der Waals surface area contributed by atoms with Crippen molar-refractivity contribution in [2.45, 2.75) is 26.3 Å². The molecule has 3 amide bonds. The van der Waals surface area contributed by atoms with Crippen molar-refractivity contribution >= 4 is 34.1 Å². The largest absolute Gasteiger partial charge is 0.326 e. The quantitative estimate of drug-likeness (QED) is 0.491. The number of nitrogens with zero attached hydrogens (tertiary/aromatic N) is 3. The normalized spacial score (nSPS) is 12.3. The fraction of sp³-hybridized carbons (Fsp3) is 0.227. The molecule has 0 spiro atoms. The van der Waals surface area contributed by atoms with Gasteiger partial charge in [-0.3, -0.25) is 10.1 Å². The molecule has 10 heteroatoms. The predicted octanol–water partition coefficient (Wildman–Crippen LogP) is 4.39. The van der Waals surface area contributed by atoms with E-state index in [0.717, 1.165) is 11.3 Å². The lowest BCUT2D eigenvalue weighted by Crippen LogP contribution is -2.49. The van der Waals surface area contributed by atoms with Gasteiger partial charge in [0.05, 0.1) is 11.6 Å². The first kappa shape index (κ1) is 22.8. The highest BCUT2D eigenvalue weighted by Gasteiger charge is 2.27. The zero-order valence-corrected chi connectivity index (χ0v) is 18.2. The molecule has 0 fully saturated rings. The van der Waals surface area contributed by atoms with E-state index in [1.807, 2.05) is 19.9 Å². The lowest BCUT2D eigenvalue weighted by Gasteiger charge is -2.23. The summed E-state index contributed by atoms with van der Waals surface area (Å²) in [6, 6.07) is 12.9. The maximum absolute atomic E-state index is 13.1. The van der Waals surface area contributed by atoms with Crippen LogP contribution in [-0.2, 0) is 4.79 Å². The summed E-state index contributed by atoms with van der Waals surface area (Å²) in [4.78, 5) is 25.4. The van der Waals surface area contributed by atoms with E-state index in [9.17, 15) is 14.0 Å². The fourth-order valence-corrected chi connectivity index (χ4v) is 3.59. The molecule has 0 aliphatic heterocycles. The molecule has 0 unspecified atom stereocenters. The van der Waals surface area contributed by atoms with Crippen molar-refractivity contribution in [1.82, 2.24) is 15.5 Å². The Kier molecular flexibility index (Phi) is 7.46. The molecular formula is C22H21FN6O2S. The van der Waals surface area contributed by atoms with Crippen LogP contribution in [0.4, 0.5) is 20.0 Å². The monoisotopic (exact) mass is 452 g/mol. The van der Waals surface area contributed by atoms with Gasteiger partial charge in [-0.15, -0.1) is 10.2 Å². The van der Waals surface area contributed by atoms with E-state index in [-0.39, 0.29) is 16.9 Å². The molecular weight excluding hydrogens is 431 g/mol. The molecule has 3 N–H and O–H groups in total. The minimum absolute atomic E-state index is 0.157. The van der Waals surface area contributed by atoms with Gasteiger partial charge in [0.2, 0.25) is 11.0 Å². The molecule has 3 aromatic rings. The van der Waals surface area contributed by atoms with Gasteiger partial charge in [-0.1, -0.05) is 37.7 Å². The van der Waals surface area contributed by atoms with E-state index < -0.39 is 18.0 Å². The molecule has 0 bridgehead atoms. The highest BCUT2D eigenvalue weighted by atomic mass is 32.1. The molecule has 0 saturated heterocycles. The Hall–Kier alpha value is -3.84.